The Hall–Kier alpha value is -1.53. The molecule has 1 aromatic rings. The number of anilines is 2. The van der Waals surface area contributed by atoms with Crippen molar-refractivity contribution >= 4 is 11.6 Å². The molecule has 0 unspecified atom stereocenters. The highest BCUT2D eigenvalue weighted by Gasteiger charge is 2.32. The van der Waals surface area contributed by atoms with E-state index in [0.717, 1.165) is 11.2 Å². The van der Waals surface area contributed by atoms with Gasteiger partial charge in [-0.2, -0.15) is 13.2 Å². The van der Waals surface area contributed by atoms with Crippen LogP contribution in [-0.4, -0.2) is 28.7 Å². The van der Waals surface area contributed by atoms with E-state index in [1.165, 1.54) is 6.07 Å². The van der Waals surface area contributed by atoms with E-state index in [9.17, 15) is 13.2 Å². The molecule has 1 rings (SSSR count). The first-order valence-corrected chi connectivity index (χ1v) is 4.70. The molecule has 0 spiro atoms. The molecular formula is C9H13F3N4. The molecule has 0 aliphatic carbocycles. The van der Waals surface area contributed by atoms with Crippen molar-refractivity contribution in [2.24, 2.45) is 0 Å². The van der Waals surface area contributed by atoms with Gasteiger partial charge in [0.05, 0.1) is 0 Å². The van der Waals surface area contributed by atoms with Gasteiger partial charge in [0.2, 0.25) is 0 Å². The van der Waals surface area contributed by atoms with Gasteiger partial charge in [-0.25, -0.2) is 9.97 Å². The minimum absolute atomic E-state index is 0.151. The maximum atomic E-state index is 12.3. The smallest absolute Gasteiger partial charge is 0.384 e. The predicted molar refractivity (Wildman–Crippen MR) is 55.0 cm³/mol. The Morgan fingerprint density at radius 2 is 2.00 bits per heavy atom. The lowest BCUT2D eigenvalue weighted by Gasteiger charge is -2.28. The first-order valence-electron chi connectivity index (χ1n) is 4.70. The van der Waals surface area contributed by atoms with Gasteiger partial charge in [0.15, 0.2) is 0 Å². The van der Waals surface area contributed by atoms with E-state index in [4.69, 9.17) is 5.73 Å². The van der Waals surface area contributed by atoms with Crippen LogP contribution in [0.25, 0.3) is 0 Å². The zero-order valence-corrected chi connectivity index (χ0v) is 8.99. The minimum Gasteiger partial charge on any atom is -0.384 e. The van der Waals surface area contributed by atoms with Crippen molar-refractivity contribution in [2.75, 3.05) is 17.2 Å². The maximum absolute atomic E-state index is 12.3. The number of rotatable bonds is 3. The van der Waals surface area contributed by atoms with Gasteiger partial charge in [0.25, 0.3) is 0 Å². The van der Waals surface area contributed by atoms with Gasteiger partial charge in [-0.05, 0) is 13.8 Å². The van der Waals surface area contributed by atoms with Crippen LogP contribution >= 0.6 is 0 Å². The molecule has 0 bridgehead atoms. The van der Waals surface area contributed by atoms with Crippen LogP contribution in [0.4, 0.5) is 24.8 Å². The zero-order chi connectivity index (χ0) is 12.3. The number of nitrogens with zero attached hydrogens (tertiary/aromatic N) is 3. The average molecular weight is 234 g/mol. The van der Waals surface area contributed by atoms with Crippen LogP contribution in [0.1, 0.15) is 13.8 Å². The second-order valence-electron chi connectivity index (χ2n) is 3.64. The Morgan fingerprint density at radius 1 is 1.38 bits per heavy atom. The molecule has 0 saturated carbocycles. The molecule has 0 radical (unpaired) electrons. The van der Waals surface area contributed by atoms with Gasteiger partial charge in [-0.3, -0.25) is 0 Å². The first-order chi connectivity index (χ1) is 7.29. The van der Waals surface area contributed by atoms with E-state index in [1.54, 1.807) is 13.8 Å². The molecule has 0 saturated heterocycles. The van der Waals surface area contributed by atoms with Crippen LogP contribution in [0.5, 0.6) is 0 Å². The monoisotopic (exact) mass is 234 g/mol. The van der Waals surface area contributed by atoms with Crippen molar-refractivity contribution in [2.45, 2.75) is 26.1 Å². The summed E-state index contributed by atoms with van der Waals surface area (Å²) in [5.74, 6) is 0.331. The molecule has 0 atom stereocenters. The molecule has 90 valence electrons. The Kier molecular flexibility index (Phi) is 3.56. The molecule has 1 aromatic heterocycles. The van der Waals surface area contributed by atoms with Crippen molar-refractivity contribution in [3.63, 3.8) is 0 Å². The van der Waals surface area contributed by atoms with E-state index >= 15 is 0 Å². The number of hydrogen-bond acceptors (Lipinski definition) is 4. The highest BCUT2D eigenvalue weighted by molar-refractivity contribution is 5.46. The fraction of sp³-hybridized carbons (Fsp3) is 0.556. The quantitative estimate of drug-likeness (QED) is 0.866. The van der Waals surface area contributed by atoms with Gasteiger partial charge in [-0.15, -0.1) is 0 Å². The number of alkyl halides is 3. The molecule has 2 N–H and O–H groups in total. The number of aromatic nitrogens is 2. The Morgan fingerprint density at radius 3 is 2.44 bits per heavy atom. The van der Waals surface area contributed by atoms with Crippen molar-refractivity contribution in [1.29, 1.82) is 0 Å². The molecule has 0 amide bonds. The second-order valence-corrected chi connectivity index (χ2v) is 3.64. The largest absolute Gasteiger partial charge is 0.405 e. The number of nitrogen functional groups attached to an aromatic ring is 1. The predicted octanol–water partition coefficient (Wildman–Crippen LogP) is 1.84. The summed E-state index contributed by atoms with van der Waals surface area (Å²) in [4.78, 5) is 8.54. The highest BCUT2D eigenvalue weighted by Crippen LogP contribution is 2.22. The number of halogens is 3. The zero-order valence-electron chi connectivity index (χ0n) is 8.99. The number of hydrogen-bond donors (Lipinski definition) is 1. The third-order valence-corrected chi connectivity index (χ3v) is 1.94. The summed E-state index contributed by atoms with van der Waals surface area (Å²) in [5.41, 5.74) is 5.40. The van der Waals surface area contributed by atoms with Crippen LogP contribution in [-0.2, 0) is 0 Å². The molecule has 1 heterocycles. The van der Waals surface area contributed by atoms with E-state index in [0.29, 0.717) is 0 Å². The van der Waals surface area contributed by atoms with Gasteiger partial charge in [0.1, 0.15) is 24.5 Å². The average Bonchev–Trinajstić information content (AvgIpc) is 2.12. The standard InChI is InChI=1S/C9H13F3N4/c1-6(2)16(4-9(10,11)12)8-3-7(13)14-5-15-8/h3,5-6H,4H2,1-2H3,(H2,13,14,15). The third kappa shape index (κ3) is 3.56. The van der Waals surface area contributed by atoms with Crippen LogP contribution in [0.15, 0.2) is 12.4 Å². The molecular weight excluding hydrogens is 221 g/mol. The number of nitrogens with two attached hydrogens (primary N) is 1. The summed E-state index contributed by atoms with van der Waals surface area (Å²) < 4.78 is 37.0. The highest BCUT2D eigenvalue weighted by atomic mass is 19.4. The third-order valence-electron chi connectivity index (χ3n) is 1.94. The Balaban J connectivity index is 2.94. The summed E-state index contributed by atoms with van der Waals surface area (Å²) >= 11 is 0. The van der Waals surface area contributed by atoms with E-state index in [1.807, 2.05) is 0 Å². The summed E-state index contributed by atoms with van der Waals surface area (Å²) in [6, 6.07) is 1.00. The molecule has 0 aliphatic heterocycles. The van der Waals surface area contributed by atoms with Crippen LogP contribution in [0, 0.1) is 0 Å². The second kappa shape index (κ2) is 4.54. The van der Waals surface area contributed by atoms with Crippen LogP contribution in [0.3, 0.4) is 0 Å². The fourth-order valence-electron chi connectivity index (χ4n) is 1.24. The SMILES string of the molecule is CC(C)N(CC(F)(F)F)c1cc(N)ncn1. The minimum atomic E-state index is -4.27. The topological polar surface area (TPSA) is 55.0 Å². The van der Waals surface area contributed by atoms with Crippen molar-refractivity contribution in [3.05, 3.63) is 12.4 Å². The summed E-state index contributed by atoms with van der Waals surface area (Å²) in [7, 11) is 0. The van der Waals surface area contributed by atoms with Crippen molar-refractivity contribution in [1.82, 2.24) is 9.97 Å². The van der Waals surface area contributed by atoms with Crippen molar-refractivity contribution in [3.8, 4) is 0 Å². The first kappa shape index (κ1) is 12.5. The lowest BCUT2D eigenvalue weighted by molar-refractivity contribution is -0.120. The van der Waals surface area contributed by atoms with Gasteiger partial charge >= 0.3 is 6.18 Å². The van der Waals surface area contributed by atoms with E-state index in [2.05, 4.69) is 9.97 Å². The van der Waals surface area contributed by atoms with Crippen molar-refractivity contribution < 1.29 is 13.2 Å². The molecule has 0 aromatic carbocycles. The Labute approximate surface area is 91.3 Å². The molecule has 0 fully saturated rings. The van der Waals surface area contributed by atoms with Crippen LogP contribution < -0.4 is 10.6 Å². The molecule has 0 aliphatic rings. The lowest BCUT2D eigenvalue weighted by Crippen LogP contribution is -2.39. The van der Waals surface area contributed by atoms with E-state index in [-0.39, 0.29) is 17.7 Å². The lowest BCUT2D eigenvalue weighted by atomic mass is 10.3. The van der Waals surface area contributed by atoms with Gasteiger partial charge in [0, 0.05) is 12.1 Å². The summed E-state index contributed by atoms with van der Waals surface area (Å²) in [5, 5.41) is 0. The van der Waals surface area contributed by atoms with Gasteiger partial charge in [-0.1, -0.05) is 0 Å². The normalized spacial score (nSPS) is 11.9. The molecule has 16 heavy (non-hydrogen) atoms. The Bertz CT molecular complexity index is 351. The van der Waals surface area contributed by atoms with Gasteiger partial charge < -0.3 is 10.6 Å². The summed E-state index contributed by atoms with van der Waals surface area (Å²) in [6.07, 6.45) is -3.12. The van der Waals surface area contributed by atoms with E-state index < -0.39 is 12.7 Å². The van der Waals surface area contributed by atoms with Crippen LogP contribution in [0.2, 0.25) is 0 Å². The fourth-order valence-corrected chi connectivity index (χ4v) is 1.24. The maximum Gasteiger partial charge on any atom is 0.405 e. The summed E-state index contributed by atoms with van der Waals surface area (Å²) in [6.45, 7) is 2.26. The molecule has 7 heteroatoms. The molecule has 4 nitrogen and oxygen atoms in total.